The van der Waals surface area contributed by atoms with E-state index in [1.165, 1.54) is 24.4 Å². The molecule has 0 amide bonds. The van der Waals surface area contributed by atoms with Crippen LogP contribution in [0.25, 0.3) is 0 Å². The van der Waals surface area contributed by atoms with Crippen molar-refractivity contribution in [1.82, 2.24) is 20.2 Å². The van der Waals surface area contributed by atoms with Crippen LogP contribution in [-0.4, -0.2) is 134 Å². The van der Waals surface area contributed by atoms with Crippen LogP contribution in [0.5, 0.6) is 11.5 Å². The first-order chi connectivity index (χ1) is 23.5. The number of aromatic hydroxyl groups is 2. The predicted molar refractivity (Wildman–Crippen MR) is 176 cm³/mol. The molecular formula is C31H41N7O11. The zero-order valence-electron chi connectivity index (χ0n) is 26.4. The van der Waals surface area contributed by atoms with Gasteiger partial charge in [0.1, 0.15) is 35.6 Å². The van der Waals surface area contributed by atoms with Crippen molar-refractivity contribution in [2.45, 2.75) is 24.5 Å². The topological polar surface area (TPSA) is 294 Å². The minimum absolute atomic E-state index is 0.00939. The monoisotopic (exact) mass is 687 g/mol. The third-order valence-corrected chi connectivity index (χ3v) is 7.73. The molecule has 0 spiro atoms. The lowest BCUT2D eigenvalue weighted by Gasteiger charge is -2.25. The number of phenols is 2. The fraction of sp³-hybridized carbons (Fsp3) is 0.419. The van der Waals surface area contributed by atoms with Gasteiger partial charge in [-0.1, -0.05) is 0 Å². The van der Waals surface area contributed by atoms with E-state index in [2.05, 4.69) is 26.3 Å². The summed E-state index contributed by atoms with van der Waals surface area (Å²) < 4.78 is 6.19. The van der Waals surface area contributed by atoms with Crippen molar-refractivity contribution in [3.8, 4) is 11.5 Å². The zero-order valence-corrected chi connectivity index (χ0v) is 26.4. The zero-order chi connectivity index (χ0) is 35.7. The smallest absolute Gasteiger partial charge is 0.351 e. The molecule has 1 aliphatic carbocycles. The van der Waals surface area contributed by atoms with E-state index in [0.717, 1.165) is 4.57 Å². The van der Waals surface area contributed by atoms with Gasteiger partial charge >= 0.3 is 5.69 Å². The molecule has 0 saturated carbocycles. The molecule has 1 saturated heterocycles. The Morgan fingerprint density at radius 1 is 0.714 bits per heavy atom. The van der Waals surface area contributed by atoms with Gasteiger partial charge in [-0.2, -0.15) is 4.98 Å². The van der Waals surface area contributed by atoms with Gasteiger partial charge in [0.25, 0.3) is 0 Å². The predicted octanol–water partition coefficient (Wildman–Crippen LogP) is -2.70. The highest BCUT2D eigenvalue weighted by molar-refractivity contribution is 6.33. The first kappa shape index (κ1) is 37.2. The van der Waals surface area contributed by atoms with Gasteiger partial charge in [0.2, 0.25) is 11.6 Å². The van der Waals surface area contributed by atoms with Gasteiger partial charge in [-0.05, 0) is 30.3 Å². The van der Waals surface area contributed by atoms with E-state index < -0.39 is 48.4 Å². The summed E-state index contributed by atoms with van der Waals surface area (Å²) >= 11 is 0. The molecule has 266 valence electrons. The van der Waals surface area contributed by atoms with Crippen LogP contribution >= 0.6 is 0 Å². The summed E-state index contributed by atoms with van der Waals surface area (Å²) in [6.45, 7) is 2.36. The fourth-order valence-corrected chi connectivity index (χ4v) is 5.37. The Hall–Kier alpha value is -4.66. The number of carbonyl (C=O) groups excluding carboxylic acids is 2. The van der Waals surface area contributed by atoms with Crippen molar-refractivity contribution < 1.29 is 50.1 Å². The number of nitrogens with zero attached hydrogens (tertiary/aromatic N) is 2. The Bertz CT molecular complexity index is 1610. The summed E-state index contributed by atoms with van der Waals surface area (Å²) in [7, 11) is 0. The van der Waals surface area contributed by atoms with Crippen LogP contribution in [0.15, 0.2) is 41.3 Å². The van der Waals surface area contributed by atoms with Crippen molar-refractivity contribution >= 4 is 28.8 Å². The molecule has 18 nitrogen and oxygen atoms in total. The Labute approximate surface area is 279 Å². The molecular weight excluding hydrogens is 646 g/mol. The highest BCUT2D eigenvalue weighted by atomic mass is 16.6. The number of aliphatic hydroxyl groups excluding tert-OH is 5. The van der Waals surface area contributed by atoms with Gasteiger partial charge in [0, 0.05) is 56.8 Å². The van der Waals surface area contributed by atoms with Crippen molar-refractivity contribution in [2.24, 2.45) is 0 Å². The van der Waals surface area contributed by atoms with E-state index in [9.17, 15) is 34.8 Å². The van der Waals surface area contributed by atoms with Gasteiger partial charge in [-0.25, -0.2) is 4.79 Å². The summed E-state index contributed by atoms with van der Waals surface area (Å²) in [6.07, 6.45) is -3.27. The summed E-state index contributed by atoms with van der Waals surface area (Å²) in [6, 6.07) is 7.11. The largest absolute Gasteiger partial charge is 0.507 e. The quantitative estimate of drug-likeness (QED) is 0.0474. The maximum atomic E-state index is 13.4. The number of carbonyl (C=O) groups is 2. The van der Waals surface area contributed by atoms with E-state index in [1.54, 1.807) is 12.1 Å². The summed E-state index contributed by atoms with van der Waals surface area (Å²) in [5, 5.41) is 78.7. The van der Waals surface area contributed by atoms with Crippen molar-refractivity contribution in [2.75, 3.05) is 75.5 Å². The number of hydrogen-bond donors (Lipinski definition) is 12. The molecule has 3 aromatic rings. The fourth-order valence-electron chi connectivity index (χ4n) is 5.37. The molecule has 2 aliphatic rings. The Morgan fingerprint density at radius 3 is 1.65 bits per heavy atom. The first-order valence-electron chi connectivity index (χ1n) is 15.4. The molecule has 1 aliphatic heterocycles. The number of nitrogens with one attached hydrogen (secondary N) is 4. The summed E-state index contributed by atoms with van der Waals surface area (Å²) in [5.41, 5.74) is 5.31. The van der Waals surface area contributed by atoms with Gasteiger partial charge in [0.15, 0.2) is 6.23 Å². The normalized spacial score (nSPS) is 19.5. The Balaban J connectivity index is 0.000000266. The molecule has 0 unspecified atom stereocenters. The van der Waals surface area contributed by atoms with Crippen LogP contribution in [0.4, 0.5) is 17.2 Å². The standard InChI is InChI=1S/C22H28N4O6.C9H13N3O5/c27-11-9-23-5-7-25-13-1-2-14(26-8-6-24-10-12-28)18-17(13)21(31)19-15(29)3-4-16(30)20(19)22(18)32;10-5-1-2-12(9(16)11-5)8-7(15)6(14)4(3-13)17-8/h1-4,23-30H,5-12H2;1-2,4,6-8,13-15H,3H2,(H2,10,11,16)/t;4-,6-,7+,8-/m.1/s1. The van der Waals surface area contributed by atoms with Gasteiger partial charge in [-0.3, -0.25) is 14.2 Å². The second-order valence-corrected chi connectivity index (χ2v) is 11.0. The number of hydrogen-bond acceptors (Lipinski definition) is 17. The van der Waals surface area contributed by atoms with Crippen LogP contribution in [0, 0.1) is 0 Å². The summed E-state index contributed by atoms with van der Waals surface area (Å²) in [4.78, 5) is 41.7. The Morgan fingerprint density at radius 2 is 1.22 bits per heavy atom. The lowest BCUT2D eigenvalue weighted by Crippen LogP contribution is -2.36. The molecule has 49 heavy (non-hydrogen) atoms. The van der Waals surface area contributed by atoms with Crippen LogP contribution in [0.3, 0.4) is 0 Å². The number of nitrogen functional groups attached to an aromatic ring is 1. The third kappa shape index (κ3) is 8.32. The number of anilines is 3. The van der Waals surface area contributed by atoms with Crippen LogP contribution in [0.1, 0.15) is 38.1 Å². The van der Waals surface area contributed by atoms with Crippen molar-refractivity contribution in [3.63, 3.8) is 0 Å². The Kier molecular flexibility index (Phi) is 13.0. The minimum atomic E-state index is -1.31. The second-order valence-electron chi connectivity index (χ2n) is 11.0. The van der Waals surface area contributed by atoms with E-state index in [1.807, 2.05) is 0 Å². The number of benzene rings is 2. The SMILES string of the molecule is Nc1ccn([C@@H]2O[C@H](CO)[C@@H](O)[C@@H]2O)c(=O)n1.O=C1c2c(O)ccc(O)c2C(=O)c2c(NCCNCCO)ccc(NCCNCCO)c21. The highest BCUT2D eigenvalue weighted by Gasteiger charge is 2.43. The molecule has 2 heterocycles. The average Bonchev–Trinajstić information content (AvgIpc) is 3.37. The average molecular weight is 688 g/mol. The van der Waals surface area contributed by atoms with Crippen molar-refractivity contribution in [3.05, 3.63) is 69.3 Å². The molecule has 13 N–H and O–H groups in total. The van der Waals surface area contributed by atoms with E-state index in [-0.39, 0.29) is 52.8 Å². The number of aliphatic hydroxyl groups is 5. The molecule has 0 bridgehead atoms. The van der Waals surface area contributed by atoms with E-state index >= 15 is 0 Å². The third-order valence-electron chi connectivity index (χ3n) is 7.73. The molecule has 1 fully saturated rings. The first-order valence-corrected chi connectivity index (χ1v) is 15.4. The summed E-state index contributed by atoms with van der Waals surface area (Å²) in [5.74, 6) is -1.81. The molecule has 18 heteroatoms. The van der Waals surface area contributed by atoms with Crippen LogP contribution in [0.2, 0.25) is 0 Å². The van der Waals surface area contributed by atoms with Gasteiger partial charge in [0.05, 0.1) is 42.1 Å². The van der Waals surface area contributed by atoms with Gasteiger partial charge in [-0.15, -0.1) is 0 Å². The number of fused-ring (bicyclic) bond motifs is 2. The van der Waals surface area contributed by atoms with E-state index in [4.69, 9.17) is 25.8 Å². The molecule has 5 rings (SSSR count). The maximum absolute atomic E-state index is 13.4. The van der Waals surface area contributed by atoms with E-state index in [0.29, 0.717) is 50.6 Å². The second kappa shape index (κ2) is 17.1. The molecule has 2 aromatic carbocycles. The highest BCUT2D eigenvalue weighted by Crippen LogP contribution is 2.42. The number of ether oxygens (including phenoxy) is 1. The molecule has 0 radical (unpaired) electrons. The number of phenolic OH excluding ortho intramolecular Hbond substituents is 2. The van der Waals surface area contributed by atoms with Gasteiger partial charge < -0.3 is 67.5 Å². The van der Waals surface area contributed by atoms with Crippen LogP contribution < -0.4 is 32.7 Å². The molecule has 4 atom stereocenters. The number of ketones is 2. The lowest BCUT2D eigenvalue weighted by atomic mass is 9.81. The van der Waals surface area contributed by atoms with Crippen LogP contribution in [-0.2, 0) is 4.74 Å². The number of nitrogens with two attached hydrogens (primary N) is 1. The lowest BCUT2D eigenvalue weighted by molar-refractivity contribution is -0.0549. The minimum Gasteiger partial charge on any atom is -0.507 e. The number of rotatable bonds is 14. The van der Waals surface area contributed by atoms with Crippen molar-refractivity contribution in [1.29, 1.82) is 0 Å². The number of aromatic nitrogens is 2. The maximum Gasteiger partial charge on any atom is 0.351 e. The molecule has 1 aromatic heterocycles.